The highest BCUT2D eigenvalue weighted by Gasteiger charge is 2.23. The molecule has 0 unspecified atom stereocenters. The van der Waals surface area contributed by atoms with E-state index < -0.39 is 0 Å². The van der Waals surface area contributed by atoms with Gasteiger partial charge >= 0.3 is 0 Å². The molecular formula is C19H17N5O2. The van der Waals surface area contributed by atoms with Gasteiger partial charge in [-0.3, -0.25) is 4.79 Å². The molecule has 1 fully saturated rings. The van der Waals surface area contributed by atoms with Crippen molar-refractivity contribution in [2.75, 3.05) is 31.1 Å². The Hall–Kier alpha value is -3.40. The van der Waals surface area contributed by atoms with Gasteiger partial charge in [-0.05, 0) is 36.8 Å². The number of carbonyl (C=O) groups excluding carboxylic acids is 1. The number of oxazole rings is 1. The number of nitrogens with zero attached hydrogens (tertiary/aromatic N) is 5. The van der Waals surface area contributed by atoms with Crippen LogP contribution < -0.4 is 4.90 Å². The minimum Gasteiger partial charge on any atom is -0.422 e. The number of benzene rings is 1. The summed E-state index contributed by atoms with van der Waals surface area (Å²) in [4.78, 5) is 25.2. The van der Waals surface area contributed by atoms with Gasteiger partial charge in [-0.1, -0.05) is 6.07 Å². The molecule has 130 valence electrons. The molecule has 0 atom stereocenters. The van der Waals surface area contributed by atoms with E-state index in [0.29, 0.717) is 48.0 Å². The Bertz CT molecular complexity index is 958. The first-order valence-corrected chi connectivity index (χ1v) is 8.50. The molecule has 0 spiro atoms. The molecule has 0 radical (unpaired) electrons. The van der Waals surface area contributed by atoms with Crippen molar-refractivity contribution in [2.45, 2.75) is 6.42 Å². The lowest BCUT2D eigenvalue weighted by Gasteiger charge is -2.21. The third-order valence-electron chi connectivity index (χ3n) is 4.45. The Balaban J connectivity index is 1.49. The first kappa shape index (κ1) is 16.1. The quantitative estimate of drug-likeness (QED) is 0.708. The standard InChI is InChI=1S/C19H17N5O2/c20-13-14-4-1-5-15(12-14)18(25)23-8-3-9-24(11-10-23)19-22-17-16(26-19)6-2-7-21-17/h1-2,4-7,12H,3,8-11H2. The zero-order valence-electron chi connectivity index (χ0n) is 14.1. The van der Waals surface area contributed by atoms with Crippen molar-refractivity contribution in [3.63, 3.8) is 0 Å². The van der Waals surface area contributed by atoms with E-state index in [1.54, 1.807) is 30.5 Å². The van der Waals surface area contributed by atoms with Crippen LogP contribution in [0.5, 0.6) is 0 Å². The van der Waals surface area contributed by atoms with E-state index in [-0.39, 0.29) is 5.91 Å². The molecule has 1 amide bonds. The summed E-state index contributed by atoms with van der Waals surface area (Å²) in [5, 5.41) is 9.02. The highest BCUT2D eigenvalue weighted by Crippen LogP contribution is 2.21. The molecule has 3 heterocycles. The van der Waals surface area contributed by atoms with Crippen molar-refractivity contribution < 1.29 is 9.21 Å². The molecule has 0 saturated carbocycles. The fourth-order valence-corrected chi connectivity index (χ4v) is 3.11. The number of hydrogen-bond donors (Lipinski definition) is 0. The Labute approximate surface area is 150 Å². The number of aromatic nitrogens is 2. The van der Waals surface area contributed by atoms with Crippen molar-refractivity contribution >= 4 is 23.2 Å². The number of hydrogen-bond acceptors (Lipinski definition) is 6. The zero-order chi connectivity index (χ0) is 17.9. The van der Waals surface area contributed by atoms with Gasteiger partial charge in [0.05, 0.1) is 11.6 Å². The minimum atomic E-state index is -0.0526. The van der Waals surface area contributed by atoms with Gasteiger partial charge in [-0.25, -0.2) is 4.98 Å². The lowest BCUT2D eigenvalue weighted by atomic mass is 10.1. The van der Waals surface area contributed by atoms with E-state index in [0.717, 1.165) is 13.0 Å². The van der Waals surface area contributed by atoms with Gasteiger partial charge in [0.1, 0.15) is 0 Å². The van der Waals surface area contributed by atoms with Crippen LogP contribution in [-0.2, 0) is 0 Å². The maximum absolute atomic E-state index is 12.8. The molecule has 1 aliphatic rings. The average Bonchev–Trinajstić information content (AvgIpc) is 2.97. The van der Waals surface area contributed by atoms with E-state index in [4.69, 9.17) is 9.68 Å². The van der Waals surface area contributed by atoms with Crippen molar-refractivity contribution in [3.8, 4) is 6.07 Å². The van der Waals surface area contributed by atoms with E-state index in [1.807, 2.05) is 21.9 Å². The number of amides is 1. The summed E-state index contributed by atoms with van der Waals surface area (Å²) in [6.45, 7) is 2.62. The highest BCUT2D eigenvalue weighted by molar-refractivity contribution is 5.94. The van der Waals surface area contributed by atoms with Crippen LogP contribution in [0.3, 0.4) is 0 Å². The topological polar surface area (TPSA) is 86.3 Å². The average molecular weight is 347 g/mol. The Morgan fingerprint density at radius 2 is 2.08 bits per heavy atom. The van der Waals surface area contributed by atoms with Crippen LogP contribution in [0, 0.1) is 11.3 Å². The molecule has 7 heteroatoms. The molecular weight excluding hydrogens is 330 g/mol. The smallest absolute Gasteiger partial charge is 0.300 e. The monoisotopic (exact) mass is 347 g/mol. The number of nitriles is 1. The fourth-order valence-electron chi connectivity index (χ4n) is 3.11. The lowest BCUT2D eigenvalue weighted by Crippen LogP contribution is -2.35. The molecule has 1 saturated heterocycles. The van der Waals surface area contributed by atoms with E-state index >= 15 is 0 Å². The van der Waals surface area contributed by atoms with Gasteiger partial charge < -0.3 is 14.2 Å². The summed E-state index contributed by atoms with van der Waals surface area (Å²) in [6, 6.07) is 13.1. The predicted octanol–water partition coefficient (Wildman–Crippen LogP) is 2.45. The molecule has 7 nitrogen and oxygen atoms in total. The number of carbonyl (C=O) groups is 1. The maximum Gasteiger partial charge on any atom is 0.300 e. The van der Waals surface area contributed by atoms with E-state index in [1.165, 1.54) is 0 Å². The SMILES string of the molecule is N#Cc1cccc(C(=O)N2CCCN(c3nc4ncccc4o3)CC2)c1. The van der Waals surface area contributed by atoms with Gasteiger partial charge in [0.25, 0.3) is 11.9 Å². The van der Waals surface area contributed by atoms with Gasteiger partial charge in [0.15, 0.2) is 5.58 Å². The van der Waals surface area contributed by atoms with Crippen LogP contribution in [0.25, 0.3) is 11.2 Å². The van der Waals surface area contributed by atoms with E-state index in [9.17, 15) is 4.79 Å². The normalized spacial score (nSPS) is 14.9. The highest BCUT2D eigenvalue weighted by atomic mass is 16.4. The maximum atomic E-state index is 12.8. The molecule has 26 heavy (non-hydrogen) atoms. The first-order chi connectivity index (χ1) is 12.7. The molecule has 2 aromatic heterocycles. The molecule has 1 aliphatic heterocycles. The van der Waals surface area contributed by atoms with Crippen LogP contribution in [0.2, 0.25) is 0 Å². The van der Waals surface area contributed by atoms with E-state index in [2.05, 4.69) is 16.0 Å². The second kappa shape index (κ2) is 6.84. The second-order valence-electron chi connectivity index (χ2n) is 6.15. The van der Waals surface area contributed by atoms with Gasteiger partial charge in [-0.2, -0.15) is 10.2 Å². The number of rotatable bonds is 2. The molecule has 1 aromatic carbocycles. The summed E-state index contributed by atoms with van der Waals surface area (Å²) in [7, 11) is 0. The van der Waals surface area contributed by atoms with Crippen LogP contribution in [-0.4, -0.2) is 47.0 Å². The lowest BCUT2D eigenvalue weighted by molar-refractivity contribution is 0.0767. The molecule has 0 N–H and O–H groups in total. The first-order valence-electron chi connectivity index (χ1n) is 8.50. The van der Waals surface area contributed by atoms with Gasteiger partial charge in [0.2, 0.25) is 5.65 Å². The second-order valence-corrected chi connectivity index (χ2v) is 6.15. The Morgan fingerprint density at radius 3 is 2.92 bits per heavy atom. The fraction of sp³-hybridized carbons (Fsp3) is 0.263. The number of fused-ring (bicyclic) bond motifs is 1. The summed E-state index contributed by atoms with van der Waals surface area (Å²) >= 11 is 0. The third kappa shape index (κ3) is 3.09. The number of anilines is 1. The zero-order valence-corrected chi connectivity index (χ0v) is 14.1. The molecule has 0 aliphatic carbocycles. The van der Waals surface area contributed by atoms with Crippen molar-refractivity contribution in [1.82, 2.24) is 14.9 Å². The van der Waals surface area contributed by atoms with Crippen molar-refractivity contribution in [2.24, 2.45) is 0 Å². The Kier molecular flexibility index (Phi) is 4.23. The minimum absolute atomic E-state index is 0.0526. The molecule has 0 bridgehead atoms. The van der Waals surface area contributed by atoms with Crippen LogP contribution in [0.15, 0.2) is 47.0 Å². The molecule has 3 aromatic rings. The van der Waals surface area contributed by atoms with Crippen molar-refractivity contribution in [1.29, 1.82) is 5.26 Å². The summed E-state index contributed by atoms with van der Waals surface area (Å²) in [5.41, 5.74) is 2.29. The van der Waals surface area contributed by atoms with Gasteiger partial charge in [-0.15, -0.1) is 0 Å². The van der Waals surface area contributed by atoms with Gasteiger partial charge in [0, 0.05) is 37.9 Å². The van der Waals surface area contributed by atoms with Crippen LogP contribution >= 0.6 is 0 Å². The summed E-state index contributed by atoms with van der Waals surface area (Å²) in [5.74, 6) is -0.0526. The largest absolute Gasteiger partial charge is 0.422 e. The molecule has 4 rings (SSSR count). The van der Waals surface area contributed by atoms with Crippen molar-refractivity contribution in [3.05, 3.63) is 53.7 Å². The number of pyridine rings is 1. The summed E-state index contributed by atoms with van der Waals surface area (Å²) < 4.78 is 5.79. The Morgan fingerprint density at radius 1 is 1.15 bits per heavy atom. The van der Waals surface area contributed by atoms with Crippen LogP contribution in [0.4, 0.5) is 6.01 Å². The summed E-state index contributed by atoms with van der Waals surface area (Å²) in [6.07, 6.45) is 2.50. The predicted molar refractivity (Wildman–Crippen MR) is 95.7 cm³/mol. The third-order valence-corrected chi connectivity index (χ3v) is 4.45. The van der Waals surface area contributed by atoms with Crippen LogP contribution in [0.1, 0.15) is 22.3 Å².